The van der Waals surface area contributed by atoms with Crippen LogP contribution in [0.15, 0.2) is 23.6 Å². The molecule has 0 amide bonds. The van der Waals surface area contributed by atoms with Crippen LogP contribution in [0.25, 0.3) is 5.53 Å². The lowest BCUT2D eigenvalue weighted by Gasteiger charge is -2.21. The lowest BCUT2D eigenvalue weighted by molar-refractivity contribution is -0.00556. The number of ether oxygens (including phenoxy) is 1. The van der Waals surface area contributed by atoms with Crippen LogP contribution in [0.1, 0.15) is 0 Å². The molecule has 1 aliphatic carbocycles. The molecule has 76 valence electrons. The van der Waals surface area contributed by atoms with Crippen LogP contribution in [0.4, 0.5) is 0 Å². The van der Waals surface area contributed by atoms with Gasteiger partial charge in [0.1, 0.15) is 5.76 Å². The average molecular weight is 214 g/mol. The summed E-state index contributed by atoms with van der Waals surface area (Å²) in [7, 11) is 5.35. The molecule has 0 bridgehead atoms. The van der Waals surface area contributed by atoms with Crippen LogP contribution in [-0.2, 0) is 4.74 Å². The van der Waals surface area contributed by atoms with Crippen molar-refractivity contribution in [1.29, 1.82) is 0 Å². The quantitative estimate of drug-likeness (QED) is 0.394. The number of methoxy groups -OCH3 is 1. The molecule has 0 aromatic rings. The first-order valence-corrected chi connectivity index (χ1v) is 4.55. The second kappa shape index (κ2) is 4.31. The van der Waals surface area contributed by atoms with Crippen molar-refractivity contribution < 1.29 is 9.53 Å². The van der Waals surface area contributed by atoms with Crippen LogP contribution < -0.4 is 0 Å². The summed E-state index contributed by atoms with van der Waals surface area (Å²) in [6.45, 7) is 0. The Morgan fingerprint density at radius 3 is 2.64 bits per heavy atom. The van der Waals surface area contributed by atoms with Crippen LogP contribution in [0, 0.1) is 0 Å². The predicted octanol–water partition coefficient (Wildman–Crippen LogP) is 1.25. The van der Waals surface area contributed by atoms with Gasteiger partial charge in [-0.15, -0.1) is 11.6 Å². The van der Waals surface area contributed by atoms with Gasteiger partial charge in [-0.3, -0.25) is 0 Å². The molecule has 1 aliphatic rings. The second-order valence-corrected chi connectivity index (χ2v) is 3.56. The molecule has 0 radical (unpaired) electrons. The Kier molecular flexibility index (Phi) is 3.33. The summed E-state index contributed by atoms with van der Waals surface area (Å²) in [4.78, 5) is 4.97. The summed E-state index contributed by atoms with van der Waals surface area (Å²) in [5.74, 6) is 0.639. The molecule has 0 aliphatic heterocycles. The zero-order valence-corrected chi connectivity index (χ0v) is 9.12. The molecule has 0 spiro atoms. The number of hydrogen-bond donors (Lipinski definition) is 0. The van der Waals surface area contributed by atoms with E-state index in [1.54, 1.807) is 19.3 Å². The standard InChI is InChI=1S/C9H12ClN3O/c1-13(2)8-4-6(10)7(12-11)5-9(8)14-3/h4-6H,1-3H3. The summed E-state index contributed by atoms with van der Waals surface area (Å²) in [6.07, 6.45) is 3.39. The smallest absolute Gasteiger partial charge is 0.317 e. The monoisotopic (exact) mass is 213 g/mol. The Bertz CT molecular complexity index is 340. The van der Waals surface area contributed by atoms with Crippen molar-refractivity contribution >= 4 is 17.3 Å². The van der Waals surface area contributed by atoms with Gasteiger partial charge >= 0.3 is 5.71 Å². The summed E-state index contributed by atoms with van der Waals surface area (Å²) < 4.78 is 5.15. The topological polar surface area (TPSA) is 48.9 Å². The van der Waals surface area contributed by atoms with E-state index < -0.39 is 5.38 Å². The molecule has 1 unspecified atom stereocenters. The highest BCUT2D eigenvalue weighted by molar-refractivity contribution is 6.34. The van der Waals surface area contributed by atoms with Crippen molar-refractivity contribution in [2.75, 3.05) is 21.2 Å². The maximum absolute atomic E-state index is 8.66. The zero-order valence-electron chi connectivity index (χ0n) is 8.36. The zero-order chi connectivity index (χ0) is 10.7. The molecule has 0 fully saturated rings. The summed E-state index contributed by atoms with van der Waals surface area (Å²) in [5.41, 5.74) is 9.92. The maximum atomic E-state index is 8.66. The molecular formula is C9H12ClN3O. The van der Waals surface area contributed by atoms with Gasteiger partial charge in [0, 0.05) is 14.1 Å². The number of alkyl halides is 1. The molecule has 0 N–H and O–H groups in total. The minimum absolute atomic E-state index is 0.383. The van der Waals surface area contributed by atoms with Gasteiger partial charge < -0.3 is 15.2 Å². The van der Waals surface area contributed by atoms with Gasteiger partial charge in [0.2, 0.25) is 0 Å². The van der Waals surface area contributed by atoms with E-state index in [9.17, 15) is 0 Å². The van der Waals surface area contributed by atoms with Crippen molar-refractivity contribution in [3.05, 3.63) is 29.1 Å². The van der Waals surface area contributed by atoms with Crippen molar-refractivity contribution in [1.82, 2.24) is 4.90 Å². The number of halogens is 1. The van der Waals surface area contributed by atoms with Crippen LogP contribution in [0.5, 0.6) is 0 Å². The van der Waals surface area contributed by atoms with E-state index in [1.165, 1.54) is 0 Å². The first-order chi connectivity index (χ1) is 6.60. The lowest BCUT2D eigenvalue weighted by Crippen LogP contribution is -2.24. The van der Waals surface area contributed by atoms with E-state index in [4.69, 9.17) is 21.9 Å². The van der Waals surface area contributed by atoms with Crippen molar-refractivity contribution in [3.8, 4) is 0 Å². The second-order valence-electron chi connectivity index (χ2n) is 3.09. The highest BCUT2D eigenvalue weighted by atomic mass is 35.5. The summed E-state index contributed by atoms with van der Waals surface area (Å²) in [5, 5.41) is -0.420. The number of allylic oxidation sites excluding steroid dienone is 2. The summed E-state index contributed by atoms with van der Waals surface area (Å²) in [6, 6.07) is 0. The van der Waals surface area contributed by atoms with Crippen molar-refractivity contribution in [3.63, 3.8) is 0 Å². The normalized spacial score (nSPS) is 20.9. The Morgan fingerprint density at radius 1 is 1.57 bits per heavy atom. The largest absolute Gasteiger partial charge is 0.494 e. The molecule has 0 saturated carbocycles. The van der Waals surface area contributed by atoms with E-state index in [1.807, 2.05) is 19.0 Å². The third-order valence-corrected chi connectivity index (χ3v) is 2.28. The third-order valence-electron chi connectivity index (χ3n) is 1.94. The fourth-order valence-electron chi connectivity index (χ4n) is 1.21. The van der Waals surface area contributed by atoms with Gasteiger partial charge in [-0.25, -0.2) is 0 Å². The SMILES string of the molecule is COC1=CC(=[N+]=[N-])C(Cl)C=C1N(C)C. The lowest BCUT2D eigenvalue weighted by atomic mass is 10.1. The third kappa shape index (κ3) is 1.97. The maximum Gasteiger partial charge on any atom is 0.317 e. The molecular weight excluding hydrogens is 202 g/mol. The average Bonchev–Trinajstić information content (AvgIpc) is 2.17. The Morgan fingerprint density at radius 2 is 2.21 bits per heavy atom. The van der Waals surface area contributed by atoms with Gasteiger partial charge in [-0.1, -0.05) is 0 Å². The van der Waals surface area contributed by atoms with Crippen LogP contribution >= 0.6 is 11.6 Å². The Hall–Kier alpha value is -1.25. The molecule has 0 aromatic carbocycles. The fraction of sp³-hybridized carbons (Fsp3) is 0.444. The first kappa shape index (κ1) is 10.8. The van der Waals surface area contributed by atoms with E-state index in [0.29, 0.717) is 11.5 Å². The molecule has 4 nitrogen and oxygen atoms in total. The van der Waals surface area contributed by atoms with E-state index in [-0.39, 0.29) is 0 Å². The molecule has 0 saturated heterocycles. The number of likely N-dealkylation sites (N-methyl/N-ethyl adjacent to an activating group) is 1. The molecule has 0 aromatic heterocycles. The Balaban J connectivity index is 3.11. The van der Waals surface area contributed by atoms with Gasteiger partial charge in [-0.05, 0) is 6.08 Å². The number of hydrogen-bond acceptors (Lipinski definition) is 2. The minimum Gasteiger partial charge on any atom is -0.494 e. The number of nitrogens with zero attached hydrogens (tertiary/aromatic N) is 3. The number of rotatable bonds is 2. The summed E-state index contributed by atoms with van der Waals surface area (Å²) >= 11 is 5.95. The molecule has 5 heteroatoms. The van der Waals surface area contributed by atoms with Gasteiger partial charge in [-0.2, -0.15) is 4.79 Å². The van der Waals surface area contributed by atoms with E-state index in [0.717, 1.165) is 5.70 Å². The highest BCUT2D eigenvalue weighted by Crippen LogP contribution is 2.21. The molecule has 0 heterocycles. The van der Waals surface area contributed by atoms with Crippen LogP contribution in [-0.4, -0.2) is 42.0 Å². The van der Waals surface area contributed by atoms with Crippen LogP contribution in [0.2, 0.25) is 0 Å². The Labute approximate surface area is 88.0 Å². The van der Waals surface area contributed by atoms with Crippen LogP contribution in [0.3, 0.4) is 0 Å². The molecule has 1 atom stereocenters. The fourth-order valence-corrected chi connectivity index (χ4v) is 1.44. The van der Waals surface area contributed by atoms with Gasteiger partial charge in [0.15, 0.2) is 5.38 Å². The van der Waals surface area contributed by atoms with Crippen molar-refractivity contribution in [2.24, 2.45) is 0 Å². The van der Waals surface area contributed by atoms with Gasteiger partial charge in [0.05, 0.1) is 18.9 Å². The molecule has 14 heavy (non-hydrogen) atoms. The highest BCUT2D eigenvalue weighted by Gasteiger charge is 2.26. The van der Waals surface area contributed by atoms with E-state index in [2.05, 4.69) is 4.79 Å². The molecule has 1 rings (SSSR count). The van der Waals surface area contributed by atoms with Crippen molar-refractivity contribution in [2.45, 2.75) is 5.38 Å². The predicted molar refractivity (Wildman–Crippen MR) is 55.1 cm³/mol. The first-order valence-electron chi connectivity index (χ1n) is 4.11. The minimum atomic E-state index is -0.420. The van der Waals surface area contributed by atoms with Gasteiger partial charge in [0.25, 0.3) is 0 Å². The van der Waals surface area contributed by atoms with E-state index >= 15 is 0 Å².